The number of aryl methyl sites for hydroxylation is 1. The minimum absolute atomic E-state index is 0.561. The second kappa shape index (κ2) is 4.69. The molecule has 0 radical (unpaired) electrons. The van der Waals surface area contributed by atoms with Gasteiger partial charge in [-0.25, -0.2) is 0 Å². The maximum atomic E-state index is 12.5. The summed E-state index contributed by atoms with van der Waals surface area (Å²) in [6, 6.07) is 4.01. The van der Waals surface area contributed by atoms with E-state index in [2.05, 4.69) is 6.92 Å². The summed E-state index contributed by atoms with van der Waals surface area (Å²) < 4.78 is 38.3. The van der Waals surface area contributed by atoms with Crippen molar-refractivity contribution in [2.45, 2.75) is 32.4 Å². The lowest BCUT2D eigenvalue weighted by atomic mass is 10.1. The molecule has 1 heterocycles. The molecule has 0 unspecified atom stereocenters. The summed E-state index contributed by atoms with van der Waals surface area (Å²) in [5.41, 5.74) is 0.606. The van der Waals surface area contributed by atoms with Gasteiger partial charge in [0.25, 0.3) is 0 Å². The largest absolute Gasteiger partial charge is 0.416 e. The number of benzene rings is 1. The Morgan fingerprint density at radius 2 is 2.00 bits per heavy atom. The standard InChI is InChI=1S/C13H13F3S/c1-2-3-4-9-8-17-12-7-10(13(14,15)16)5-6-11(9)12/h5-8H,2-4H2,1H3. The zero-order valence-electron chi connectivity index (χ0n) is 9.47. The third kappa shape index (κ3) is 2.63. The van der Waals surface area contributed by atoms with Crippen molar-refractivity contribution in [3.8, 4) is 0 Å². The van der Waals surface area contributed by atoms with Gasteiger partial charge in [-0.15, -0.1) is 11.3 Å². The molecule has 0 nitrogen and oxygen atoms in total. The zero-order chi connectivity index (χ0) is 12.5. The fraction of sp³-hybridized carbons (Fsp3) is 0.385. The number of unbranched alkanes of at least 4 members (excludes halogenated alkanes) is 1. The van der Waals surface area contributed by atoms with Crippen LogP contribution in [-0.2, 0) is 12.6 Å². The Labute approximate surface area is 102 Å². The van der Waals surface area contributed by atoms with Gasteiger partial charge in [0.2, 0.25) is 0 Å². The first kappa shape index (κ1) is 12.4. The molecule has 0 amide bonds. The maximum Gasteiger partial charge on any atom is 0.416 e. The molecule has 0 aliphatic rings. The van der Waals surface area contributed by atoms with Crippen molar-refractivity contribution in [2.24, 2.45) is 0 Å². The maximum absolute atomic E-state index is 12.5. The Bertz CT molecular complexity index is 511. The molecular weight excluding hydrogens is 245 g/mol. The summed E-state index contributed by atoms with van der Waals surface area (Å²) in [7, 11) is 0. The van der Waals surface area contributed by atoms with Gasteiger partial charge in [0.1, 0.15) is 0 Å². The van der Waals surface area contributed by atoms with E-state index < -0.39 is 11.7 Å². The van der Waals surface area contributed by atoms with E-state index in [0.717, 1.165) is 29.3 Å². The third-order valence-electron chi connectivity index (χ3n) is 2.78. The van der Waals surface area contributed by atoms with Crippen molar-refractivity contribution < 1.29 is 13.2 Å². The van der Waals surface area contributed by atoms with Crippen molar-refractivity contribution in [1.29, 1.82) is 0 Å². The molecular formula is C13H13F3S. The average molecular weight is 258 g/mol. The molecule has 0 aliphatic carbocycles. The van der Waals surface area contributed by atoms with Crippen molar-refractivity contribution in [3.05, 3.63) is 34.7 Å². The smallest absolute Gasteiger partial charge is 0.166 e. The lowest BCUT2D eigenvalue weighted by Gasteiger charge is -2.06. The highest BCUT2D eigenvalue weighted by Gasteiger charge is 2.30. The van der Waals surface area contributed by atoms with Gasteiger partial charge >= 0.3 is 6.18 Å². The van der Waals surface area contributed by atoms with E-state index in [1.807, 2.05) is 5.38 Å². The molecule has 0 fully saturated rings. The minimum atomic E-state index is -4.25. The zero-order valence-corrected chi connectivity index (χ0v) is 10.3. The molecule has 1 aromatic heterocycles. The van der Waals surface area contributed by atoms with Crippen LogP contribution in [-0.4, -0.2) is 0 Å². The lowest BCUT2D eigenvalue weighted by molar-refractivity contribution is -0.137. The first-order valence-corrected chi connectivity index (χ1v) is 6.47. The monoisotopic (exact) mass is 258 g/mol. The van der Waals surface area contributed by atoms with E-state index in [9.17, 15) is 13.2 Å². The Balaban J connectivity index is 2.38. The third-order valence-corrected chi connectivity index (χ3v) is 3.78. The van der Waals surface area contributed by atoms with Crippen LogP contribution in [0.15, 0.2) is 23.6 Å². The van der Waals surface area contributed by atoms with E-state index in [0.29, 0.717) is 0 Å². The van der Waals surface area contributed by atoms with Gasteiger partial charge in [0.15, 0.2) is 0 Å². The lowest BCUT2D eigenvalue weighted by Crippen LogP contribution is -2.03. The van der Waals surface area contributed by atoms with Crippen LogP contribution in [0.4, 0.5) is 13.2 Å². The number of alkyl halides is 3. The van der Waals surface area contributed by atoms with Crippen molar-refractivity contribution in [1.82, 2.24) is 0 Å². The van der Waals surface area contributed by atoms with Gasteiger partial charge in [-0.05, 0) is 41.3 Å². The summed E-state index contributed by atoms with van der Waals surface area (Å²) in [4.78, 5) is 0. The van der Waals surface area contributed by atoms with Crippen LogP contribution in [0.5, 0.6) is 0 Å². The molecule has 2 aromatic rings. The van der Waals surface area contributed by atoms with Crippen LogP contribution < -0.4 is 0 Å². The molecule has 2 rings (SSSR count). The normalized spacial score (nSPS) is 12.2. The Kier molecular flexibility index (Phi) is 3.43. The summed E-state index contributed by atoms with van der Waals surface area (Å²) in [6.07, 6.45) is -1.13. The van der Waals surface area contributed by atoms with Crippen molar-refractivity contribution in [3.63, 3.8) is 0 Å². The highest BCUT2D eigenvalue weighted by molar-refractivity contribution is 7.17. The predicted molar refractivity (Wildman–Crippen MR) is 65.4 cm³/mol. The fourth-order valence-electron chi connectivity index (χ4n) is 1.82. The second-order valence-corrected chi connectivity index (χ2v) is 4.98. The number of hydrogen-bond donors (Lipinski definition) is 0. The molecule has 0 atom stereocenters. The van der Waals surface area contributed by atoms with E-state index in [-0.39, 0.29) is 0 Å². The summed E-state index contributed by atoms with van der Waals surface area (Å²) in [6.45, 7) is 2.11. The molecule has 4 heteroatoms. The highest BCUT2D eigenvalue weighted by atomic mass is 32.1. The number of thiophene rings is 1. The Hall–Kier alpha value is -1.03. The average Bonchev–Trinajstić information content (AvgIpc) is 2.67. The van der Waals surface area contributed by atoms with E-state index in [1.54, 1.807) is 6.07 Å². The van der Waals surface area contributed by atoms with Gasteiger partial charge in [0.05, 0.1) is 5.56 Å². The van der Waals surface area contributed by atoms with Crippen molar-refractivity contribution in [2.75, 3.05) is 0 Å². The number of halogens is 3. The first-order chi connectivity index (χ1) is 8.02. The fourth-order valence-corrected chi connectivity index (χ4v) is 2.86. The first-order valence-electron chi connectivity index (χ1n) is 5.59. The number of hydrogen-bond acceptors (Lipinski definition) is 1. The minimum Gasteiger partial charge on any atom is -0.166 e. The quantitative estimate of drug-likeness (QED) is 0.704. The van der Waals surface area contributed by atoms with Gasteiger partial charge < -0.3 is 0 Å². The van der Waals surface area contributed by atoms with Crippen LogP contribution in [0.2, 0.25) is 0 Å². The number of rotatable bonds is 3. The molecule has 0 saturated carbocycles. The molecule has 0 spiro atoms. The van der Waals surface area contributed by atoms with Gasteiger partial charge in [-0.1, -0.05) is 19.4 Å². The summed E-state index contributed by atoms with van der Waals surface area (Å²) in [5.74, 6) is 0. The van der Waals surface area contributed by atoms with Crippen LogP contribution in [0.1, 0.15) is 30.9 Å². The highest BCUT2D eigenvalue weighted by Crippen LogP contribution is 2.34. The predicted octanol–water partition coefficient (Wildman–Crippen LogP) is 5.26. The van der Waals surface area contributed by atoms with E-state index in [1.165, 1.54) is 29.0 Å². The summed E-state index contributed by atoms with van der Waals surface area (Å²) >= 11 is 1.39. The topological polar surface area (TPSA) is 0 Å². The van der Waals surface area contributed by atoms with Gasteiger partial charge in [-0.3, -0.25) is 0 Å². The van der Waals surface area contributed by atoms with Crippen LogP contribution in [0.25, 0.3) is 10.1 Å². The van der Waals surface area contributed by atoms with Crippen LogP contribution >= 0.6 is 11.3 Å². The van der Waals surface area contributed by atoms with E-state index in [4.69, 9.17) is 0 Å². The molecule has 0 aliphatic heterocycles. The Morgan fingerprint density at radius 3 is 2.65 bits per heavy atom. The van der Waals surface area contributed by atoms with Gasteiger partial charge in [0, 0.05) is 4.70 Å². The molecule has 0 N–H and O–H groups in total. The molecule has 92 valence electrons. The van der Waals surface area contributed by atoms with Crippen LogP contribution in [0.3, 0.4) is 0 Å². The number of fused-ring (bicyclic) bond motifs is 1. The van der Waals surface area contributed by atoms with Crippen molar-refractivity contribution >= 4 is 21.4 Å². The van der Waals surface area contributed by atoms with Gasteiger partial charge in [-0.2, -0.15) is 13.2 Å². The molecule has 17 heavy (non-hydrogen) atoms. The Morgan fingerprint density at radius 1 is 1.24 bits per heavy atom. The molecule has 0 bridgehead atoms. The summed E-state index contributed by atoms with van der Waals surface area (Å²) in [5, 5.41) is 2.94. The molecule has 0 saturated heterocycles. The molecule has 1 aromatic carbocycles. The van der Waals surface area contributed by atoms with Crippen LogP contribution in [0, 0.1) is 0 Å². The SMILES string of the molecule is CCCCc1csc2cc(C(F)(F)F)ccc12. The second-order valence-electron chi connectivity index (χ2n) is 4.07. The van der Waals surface area contributed by atoms with E-state index >= 15 is 0 Å².